The van der Waals surface area contributed by atoms with Crippen molar-refractivity contribution in [3.63, 3.8) is 0 Å². The molecule has 0 saturated carbocycles. The Balaban J connectivity index is 1.80. The van der Waals surface area contributed by atoms with Crippen LogP contribution in [0.25, 0.3) is 10.7 Å². The highest BCUT2D eigenvalue weighted by molar-refractivity contribution is 7.13. The molecule has 0 aliphatic carbocycles. The largest absolute Gasteiger partial charge is 0.326 e. The van der Waals surface area contributed by atoms with Crippen LogP contribution in [0.4, 0.5) is 0 Å². The quantitative estimate of drug-likeness (QED) is 0.755. The van der Waals surface area contributed by atoms with E-state index < -0.39 is 0 Å². The molecule has 104 valence electrons. The number of rotatable bonds is 3. The molecular weight excluding hydrogens is 278 g/mol. The van der Waals surface area contributed by atoms with E-state index in [-0.39, 0.29) is 0 Å². The number of nitrogens with zero attached hydrogens (tertiary/aromatic N) is 2. The van der Waals surface area contributed by atoms with Crippen molar-refractivity contribution in [2.75, 3.05) is 6.54 Å². The van der Waals surface area contributed by atoms with Crippen LogP contribution < -0.4 is 5.73 Å². The summed E-state index contributed by atoms with van der Waals surface area (Å²) in [4.78, 5) is 5.64. The molecule has 3 nitrogen and oxygen atoms in total. The Hall–Kier alpha value is -2.35. The van der Waals surface area contributed by atoms with Crippen molar-refractivity contribution >= 4 is 11.3 Å². The summed E-state index contributed by atoms with van der Waals surface area (Å²) < 4.78 is 2.16. The van der Waals surface area contributed by atoms with Gasteiger partial charge in [0.15, 0.2) is 0 Å². The maximum atomic E-state index is 5.38. The maximum Gasteiger partial charge on any atom is 0.150 e. The molecule has 0 fully saturated rings. The Morgan fingerprint density at radius 2 is 2.05 bits per heavy atom. The Labute approximate surface area is 128 Å². The predicted octanol–water partition coefficient (Wildman–Crippen LogP) is 2.97. The van der Waals surface area contributed by atoms with E-state index >= 15 is 0 Å². The molecule has 21 heavy (non-hydrogen) atoms. The number of imidazole rings is 1. The van der Waals surface area contributed by atoms with Gasteiger partial charge in [0.25, 0.3) is 0 Å². The summed E-state index contributed by atoms with van der Waals surface area (Å²) in [5.74, 6) is 6.90. The van der Waals surface area contributed by atoms with Crippen LogP contribution in [-0.4, -0.2) is 16.1 Å². The molecule has 0 unspecified atom stereocenters. The number of hydrogen-bond acceptors (Lipinski definition) is 3. The van der Waals surface area contributed by atoms with Crippen molar-refractivity contribution in [1.29, 1.82) is 0 Å². The Kier molecular flexibility index (Phi) is 4.15. The van der Waals surface area contributed by atoms with E-state index in [0.29, 0.717) is 6.54 Å². The van der Waals surface area contributed by atoms with Gasteiger partial charge in [-0.1, -0.05) is 30.0 Å². The fraction of sp³-hybridized carbons (Fsp3) is 0.118. The van der Waals surface area contributed by atoms with Gasteiger partial charge < -0.3 is 10.3 Å². The van der Waals surface area contributed by atoms with Crippen molar-refractivity contribution < 1.29 is 0 Å². The van der Waals surface area contributed by atoms with Crippen LogP contribution in [0.2, 0.25) is 0 Å². The predicted molar refractivity (Wildman–Crippen MR) is 87.0 cm³/mol. The van der Waals surface area contributed by atoms with Gasteiger partial charge in [0.1, 0.15) is 5.82 Å². The fourth-order valence-electron chi connectivity index (χ4n) is 2.11. The van der Waals surface area contributed by atoms with Crippen LogP contribution in [0.15, 0.2) is 54.2 Å². The molecule has 1 aromatic carbocycles. The Morgan fingerprint density at radius 1 is 1.19 bits per heavy atom. The lowest BCUT2D eigenvalue weighted by Crippen LogP contribution is -2.00. The van der Waals surface area contributed by atoms with Gasteiger partial charge in [-0.05, 0) is 29.1 Å². The van der Waals surface area contributed by atoms with Crippen LogP contribution >= 0.6 is 11.3 Å². The van der Waals surface area contributed by atoms with Crippen LogP contribution in [0.5, 0.6) is 0 Å². The summed E-state index contributed by atoms with van der Waals surface area (Å²) in [5.41, 5.74) is 7.60. The molecule has 4 heteroatoms. The summed E-state index contributed by atoms with van der Waals surface area (Å²) in [5, 5.41) is 2.07. The molecule has 2 aromatic heterocycles. The highest BCUT2D eigenvalue weighted by Crippen LogP contribution is 2.23. The van der Waals surface area contributed by atoms with Crippen molar-refractivity contribution in [3.05, 3.63) is 65.3 Å². The highest BCUT2D eigenvalue weighted by atomic mass is 32.1. The zero-order valence-corrected chi connectivity index (χ0v) is 12.3. The zero-order valence-electron chi connectivity index (χ0n) is 11.5. The highest BCUT2D eigenvalue weighted by Gasteiger charge is 2.07. The van der Waals surface area contributed by atoms with Gasteiger partial charge in [0.05, 0.1) is 11.4 Å². The second-order valence-corrected chi connectivity index (χ2v) is 5.51. The van der Waals surface area contributed by atoms with E-state index in [4.69, 9.17) is 5.73 Å². The molecule has 3 rings (SSSR count). The first-order chi connectivity index (χ1) is 10.4. The van der Waals surface area contributed by atoms with E-state index in [1.165, 1.54) is 10.4 Å². The average molecular weight is 293 g/mol. The van der Waals surface area contributed by atoms with E-state index in [0.717, 1.165) is 17.9 Å². The lowest BCUT2D eigenvalue weighted by atomic mass is 10.1. The van der Waals surface area contributed by atoms with Gasteiger partial charge in [-0.2, -0.15) is 0 Å². The third-order valence-electron chi connectivity index (χ3n) is 3.10. The third kappa shape index (κ3) is 3.22. The topological polar surface area (TPSA) is 43.8 Å². The minimum absolute atomic E-state index is 0.390. The van der Waals surface area contributed by atoms with Gasteiger partial charge in [-0.3, -0.25) is 0 Å². The minimum atomic E-state index is 0.390. The minimum Gasteiger partial charge on any atom is -0.326 e. The molecule has 0 aliphatic heterocycles. The molecule has 0 aliphatic rings. The summed E-state index contributed by atoms with van der Waals surface area (Å²) in [6.45, 7) is 1.19. The summed E-state index contributed by atoms with van der Waals surface area (Å²) in [6.07, 6.45) is 3.85. The SMILES string of the molecule is NCC#Cc1ccc(Cn2ccnc2-c2cccs2)cc1. The molecular formula is C17H15N3S. The van der Waals surface area contributed by atoms with Crippen LogP contribution in [-0.2, 0) is 6.54 Å². The molecule has 3 aromatic rings. The van der Waals surface area contributed by atoms with Crippen LogP contribution in [0.3, 0.4) is 0 Å². The number of thiophene rings is 1. The average Bonchev–Trinajstić information content (AvgIpc) is 3.17. The third-order valence-corrected chi connectivity index (χ3v) is 3.96. The molecule has 0 bridgehead atoms. The standard InChI is InChI=1S/C17H15N3S/c18-9-1-3-14-5-7-15(8-6-14)13-20-11-10-19-17(20)16-4-2-12-21-16/h2,4-8,10-12H,9,13,18H2. The fourth-order valence-corrected chi connectivity index (χ4v) is 2.85. The van der Waals surface area contributed by atoms with E-state index in [1.54, 1.807) is 11.3 Å². The number of nitrogens with two attached hydrogens (primary N) is 1. The summed E-state index contributed by atoms with van der Waals surface area (Å²) >= 11 is 1.70. The van der Waals surface area contributed by atoms with Gasteiger partial charge >= 0.3 is 0 Å². The van der Waals surface area contributed by atoms with E-state index in [1.807, 2.05) is 30.6 Å². The van der Waals surface area contributed by atoms with Gasteiger partial charge in [0.2, 0.25) is 0 Å². The second kappa shape index (κ2) is 6.40. The first-order valence-corrected chi connectivity index (χ1v) is 7.57. The van der Waals surface area contributed by atoms with E-state index in [9.17, 15) is 0 Å². The normalized spacial score (nSPS) is 10.1. The van der Waals surface area contributed by atoms with Crippen LogP contribution in [0, 0.1) is 11.8 Å². The first-order valence-electron chi connectivity index (χ1n) is 6.70. The molecule has 0 saturated heterocycles. The zero-order chi connectivity index (χ0) is 14.5. The summed E-state index contributed by atoms with van der Waals surface area (Å²) in [7, 11) is 0. The monoisotopic (exact) mass is 293 g/mol. The van der Waals surface area contributed by atoms with Crippen molar-refractivity contribution in [2.24, 2.45) is 5.73 Å². The smallest absolute Gasteiger partial charge is 0.150 e. The first kappa shape index (κ1) is 13.6. The molecule has 2 N–H and O–H groups in total. The molecule has 0 atom stereocenters. The van der Waals surface area contributed by atoms with Crippen molar-refractivity contribution in [1.82, 2.24) is 9.55 Å². The molecule has 2 heterocycles. The number of aromatic nitrogens is 2. The Bertz CT molecular complexity index is 758. The molecule has 0 spiro atoms. The van der Waals surface area contributed by atoms with Gasteiger partial charge in [-0.15, -0.1) is 11.3 Å². The lowest BCUT2D eigenvalue weighted by Gasteiger charge is -2.07. The van der Waals surface area contributed by atoms with Gasteiger partial charge in [-0.25, -0.2) is 4.98 Å². The Morgan fingerprint density at radius 3 is 2.76 bits per heavy atom. The van der Waals surface area contributed by atoms with E-state index in [2.05, 4.69) is 45.0 Å². The number of benzene rings is 1. The molecule has 0 amide bonds. The maximum absolute atomic E-state index is 5.38. The molecule has 0 radical (unpaired) electrons. The van der Waals surface area contributed by atoms with Crippen molar-refractivity contribution in [2.45, 2.75) is 6.54 Å². The van der Waals surface area contributed by atoms with Crippen LogP contribution in [0.1, 0.15) is 11.1 Å². The second-order valence-electron chi connectivity index (χ2n) is 4.56. The number of hydrogen-bond donors (Lipinski definition) is 1. The summed E-state index contributed by atoms with van der Waals surface area (Å²) in [6, 6.07) is 12.4. The van der Waals surface area contributed by atoms with Crippen molar-refractivity contribution in [3.8, 4) is 22.5 Å². The van der Waals surface area contributed by atoms with Gasteiger partial charge in [0, 0.05) is 24.5 Å². The lowest BCUT2D eigenvalue weighted by molar-refractivity contribution is 0.808.